The van der Waals surface area contributed by atoms with Gasteiger partial charge < -0.3 is 19.5 Å². The van der Waals surface area contributed by atoms with E-state index in [4.69, 9.17) is 14.2 Å². The first-order valence-corrected chi connectivity index (χ1v) is 9.99. The van der Waals surface area contributed by atoms with Crippen LogP contribution in [0, 0.1) is 13.8 Å². The van der Waals surface area contributed by atoms with Crippen LogP contribution >= 0.6 is 11.3 Å². The van der Waals surface area contributed by atoms with Crippen molar-refractivity contribution in [2.24, 2.45) is 0 Å². The van der Waals surface area contributed by atoms with Gasteiger partial charge in [-0.2, -0.15) is 0 Å². The Hall–Kier alpha value is -2.87. The number of nitrogens with one attached hydrogen (secondary N) is 1. The van der Waals surface area contributed by atoms with E-state index in [-0.39, 0.29) is 12.2 Å². The van der Waals surface area contributed by atoms with Gasteiger partial charge in [-0.1, -0.05) is 17.7 Å². The standard InChI is InChI=1S/C21H23NO6S/c1-11-5-7-14(12(2)9-11)28-10-16(23)22-19-18(21(25)27-4)17-13(20(24)26-3)6-8-15(17)29-19/h5,7,9,13H,6,8,10H2,1-4H3,(H,22,23). The minimum atomic E-state index is -0.594. The molecule has 3 rings (SSSR count). The van der Waals surface area contributed by atoms with E-state index in [1.807, 2.05) is 32.0 Å². The molecule has 7 nitrogen and oxygen atoms in total. The first kappa shape index (κ1) is 20.9. The van der Waals surface area contributed by atoms with E-state index in [0.717, 1.165) is 16.0 Å². The number of thiophene rings is 1. The smallest absolute Gasteiger partial charge is 0.341 e. The maximum atomic E-state index is 12.5. The summed E-state index contributed by atoms with van der Waals surface area (Å²) < 4.78 is 15.4. The summed E-state index contributed by atoms with van der Waals surface area (Å²) in [4.78, 5) is 37.8. The van der Waals surface area contributed by atoms with Crippen LogP contribution in [0.2, 0.25) is 0 Å². The van der Waals surface area contributed by atoms with E-state index in [1.54, 1.807) is 0 Å². The highest BCUT2D eigenvalue weighted by atomic mass is 32.1. The van der Waals surface area contributed by atoms with Crippen LogP contribution < -0.4 is 10.1 Å². The van der Waals surface area contributed by atoms with Crippen molar-refractivity contribution < 1.29 is 28.6 Å². The van der Waals surface area contributed by atoms with Crippen molar-refractivity contribution in [1.82, 2.24) is 0 Å². The van der Waals surface area contributed by atoms with Crippen LogP contribution in [0.25, 0.3) is 0 Å². The fourth-order valence-electron chi connectivity index (χ4n) is 3.50. The zero-order valence-corrected chi connectivity index (χ0v) is 17.6. The summed E-state index contributed by atoms with van der Waals surface area (Å²) in [6.07, 6.45) is 1.21. The largest absolute Gasteiger partial charge is 0.483 e. The third-order valence-electron chi connectivity index (χ3n) is 4.85. The molecule has 0 bridgehead atoms. The molecule has 154 valence electrons. The molecule has 1 aliphatic carbocycles. The number of rotatable bonds is 6. The Labute approximate surface area is 173 Å². The van der Waals surface area contributed by atoms with E-state index < -0.39 is 23.8 Å². The molecule has 1 aromatic heterocycles. The number of fused-ring (bicyclic) bond motifs is 1. The van der Waals surface area contributed by atoms with Crippen LogP contribution in [0.5, 0.6) is 5.75 Å². The minimum absolute atomic E-state index is 0.201. The summed E-state index contributed by atoms with van der Waals surface area (Å²) in [7, 11) is 2.58. The number of hydrogen-bond acceptors (Lipinski definition) is 7. The third-order valence-corrected chi connectivity index (χ3v) is 6.03. The predicted molar refractivity (Wildman–Crippen MR) is 109 cm³/mol. The monoisotopic (exact) mass is 417 g/mol. The van der Waals surface area contributed by atoms with Gasteiger partial charge >= 0.3 is 11.9 Å². The Morgan fingerprint density at radius 3 is 2.59 bits per heavy atom. The molecule has 1 unspecified atom stereocenters. The van der Waals surface area contributed by atoms with Gasteiger partial charge in [-0.15, -0.1) is 11.3 Å². The van der Waals surface area contributed by atoms with Crippen LogP contribution in [0.4, 0.5) is 5.00 Å². The molecule has 2 aromatic rings. The number of methoxy groups -OCH3 is 2. The van der Waals surface area contributed by atoms with Crippen molar-refractivity contribution in [3.8, 4) is 5.75 Å². The molecule has 1 N–H and O–H groups in total. The number of benzene rings is 1. The predicted octanol–water partition coefficient (Wildman–Crippen LogP) is 3.37. The molecule has 0 aliphatic heterocycles. The van der Waals surface area contributed by atoms with E-state index in [2.05, 4.69) is 5.32 Å². The molecule has 1 aromatic carbocycles. The lowest BCUT2D eigenvalue weighted by Gasteiger charge is -2.12. The quantitative estimate of drug-likeness (QED) is 0.725. The van der Waals surface area contributed by atoms with Gasteiger partial charge in [0, 0.05) is 4.88 Å². The number of aryl methyl sites for hydroxylation is 3. The fraction of sp³-hybridized carbons (Fsp3) is 0.381. The second-order valence-electron chi connectivity index (χ2n) is 6.85. The molecule has 8 heteroatoms. The van der Waals surface area contributed by atoms with Crippen LogP contribution in [0.1, 0.15) is 44.3 Å². The SMILES string of the molecule is COC(=O)c1c(NC(=O)COc2ccc(C)cc2C)sc2c1C(C(=O)OC)CC2. The summed E-state index contributed by atoms with van der Waals surface area (Å²) in [5.74, 6) is -1.30. The molecule has 0 saturated carbocycles. The van der Waals surface area contributed by atoms with E-state index in [1.165, 1.54) is 25.6 Å². The van der Waals surface area contributed by atoms with Gasteiger partial charge in [0.05, 0.1) is 25.7 Å². The Kier molecular flexibility index (Phi) is 6.22. The number of ether oxygens (including phenoxy) is 3. The number of carbonyl (C=O) groups is 3. The van der Waals surface area contributed by atoms with Crippen molar-refractivity contribution in [2.75, 3.05) is 26.1 Å². The van der Waals surface area contributed by atoms with Gasteiger partial charge in [0.15, 0.2) is 6.61 Å². The fourth-order valence-corrected chi connectivity index (χ4v) is 4.78. The molecule has 1 heterocycles. The molecule has 0 saturated heterocycles. The Morgan fingerprint density at radius 2 is 1.93 bits per heavy atom. The Balaban J connectivity index is 1.79. The Bertz CT molecular complexity index is 964. The van der Waals surface area contributed by atoms with Gasteiger partial charge in [-0.05, 0) is 43.9 Å². The van der Waals surface area contributed by atoms with E-state index >= 15 is 0 Å². The van der Waals surface area contributed by atoms with Gasteiger partial charge in [0.2, 0.25) is 0 Å². The second kappa shape index (κ2) is 8.65. The maximum Gasteiger partial charge on any atom is 0.341 e. The Morgan fingerprint density at radius 1 is 1.17 bits per heavy atom. The highest BCUT2D eigenvalue weighted by Gasteiger charge is 2.38. The summed E-state index contributed by atoms with van der Waals surface area (Å²) in [6, 6.07) is 5.70. The first-order valence-electron chi connectivity index (χ1n) is 9.17. The second-order valence-corrected chi connectivity index (χ2v) is 7.96. The van der Waals surface area contributed by atoms with Crippen LogP contribution in [0.3, 0.4) is 0 Å². The normalized spacial score (nSPS) is 14.8. The van der Waals surface area contributed by atoms with Gasteiger partial charge in [-0.3, -0.25) is 9.59 Å². The van der Waals surface area contributed by atoms with E-state index in [0.29, 0.717) is 29.2 Å². The molecule has 0 radical (unpaired) electrons. The zero-order valence-electron chi connectivity index (χ0n) is 16.8. The molecule has 0 spiro atoms. The average Bonchev–Trinajstić information content (AvgIpc) is 3.24. The van der Waals surface area contributed by atoms with Crippen molar-refractivity contribution in [3.05, 3.63) is 45.3 Å². The molecule has 1 aliphatic rings. The summed E-state index contributed by atoms with van der Waals surface area (Å²) >= 11 is 1.28. The van der Waals surface area contributed by atoms with Crippen molar-refractivity contribution >= 4 is 34.2 Å². The molecule has 0 fully saturated rings. The number of carbonyl (C=O) groups excluding carboxylic acids is 3. The topological polar surface area (TPSA) is 90.9 Å². The van der Waals surface area contributed by atoms with Crippen molar-refractivity contribution in [1.29, 1.82) is 0 Å². The van der Waals surface area contributed by atoms with E-state index in [9.17, 15) is 14.4 Å². The molecular formula is C21H23NO6S. The summed E-state index contributed by atoms with van der Waals surface area (Å²) in [5.41, 5.74) is 2.86. The van der Waals surface area contributed by atoms with Gasteiger partial charge in [0.25, 0.3) is 5.91 Å². The van der Waals surface area contributed by atoms with Crippen molar-refractivity contribution in [3.63, 3.8) is 0 Å². The zero-order chi connectivity index (χ0) is 21.1. The summed E-state index contributed by atoms with van der Waals surface area (Å²) in [5, 5.41) is 3.10. The number of esters is 2. The highest BCUT2D eigenvalue weighted by Crippen LogP contribution is 2.45. The van der Waals surface area contributed by atoms with Gasteiger partial charge in [-0.25, -0.2) is 4.79 Å². The number of anilines is 1. The lowest BCUT2D eigenvalue weighted by atomic mass is 9.99. The average molecular weight is 417 g/mol. The lowest BCUT2D eigenvalue weighted by Crippen LogP contribution is -2.22. The highest BCUT2D eigenvalue weighted by molar-refractivity contribution is 7.17. The molecule has 1 amide bonds. The van der Waals surface area contributed by atoms with Crippen LogP contribution in [-0.4, -0.2) is 38.7 Å². The molecule has 29 heavy (non-hydrogen) atoms. The maximum absolute atomic E-state index is 12.5. The minimum Gasteiger partial charge on any atom is -0.483 e. The number of amides is 1. The first-order chi connectivity index (χ1) is 13.8. The number of hydrogen-bond donors (Lipinski definition) is 1. The van der Waals surface area contributed by atoms with Crippen LogP contribution in [0.15, 0.2) is 18.2 Å². The third kappa shape index (κ3) is 4.27. The van der Waals surface area contributed by atoms with Crippen LogP contribution in [-0.2, 0) is 25.5 Å². The van der Waals surface area contributed by atoms with Crippen molar-refractivity contribution in [2.45, 2.75) is 32.6 Å². The lowest BCUT2D eigenvalue weighted by molar-refractivity contribution is -0.142. The molecular weight excluding hydrogens is 394 g/mol. The van der Waals surface area contributed by atoms with Gasteiger partial charge in [0.1, 0.15) is 10.8 Å². The summed E-state index contributed by atoms with van der Waals surface area (Å²) in [6.45, 7) is 3.69. The molecule has 1 atom stereocenters.